The van der Waals surface area contributed by atoms with Crippen LogP contribution in [0.5, 0.6) is 5.75 Å². The van der Waals surface area contributed by atoms with Crippen LogP contribution in [0.25, 0.3) is 0 Å². The second-order valence-electron chi connectivity index (χ2n) is 4.65. The van der Waals surface area contributed by atoms with Gasteiger partial charge in [0.15, 0.2) is 5.75 Å². The third-order valence-electron chi connectivity index (χ3n) is 3.20. The van der Waals surface area contributed by atoms with Crippen molar-refractivity contribution in [2.24, 2.45) is 0 Å². The molecule has 0 amide bonds. The highest BCUT2D eigenvalue weighted by molar-refractivity contribution is 5.31. The summed E-state index contributed by atoms with van der Waals surface area (Å²) in [5.74, 6) is -0.150. The summed E-state index contributed by atoms with van der Waals surface area (Å²) in [5.41, 5.74) is 1.59. The Labute approximate surface area is 108 Å². The van der Waals surface area contributed by atoms with Crippen molar-refractivity contribution in [2.45, 2.75) is 19.6 Å². The number of hydrogen-bond acceptors (Lipinski definition) is 4. The minimum absolute atomic E-state index is 0.239. The van der Waals surface area contributed by atoms with Gasteiger partial charge in [0.1, 0.15) is 17.8 Å². The molecule has 0 radical (unpaired) electrons. The van der Waals surface area contributed by atoms with Crippen molar-refractivity contribution >= 4 is 0 Å². The first kappa shape index (κ1) is 11.9. The van der Waals surface area contributed by atoms with Gasteiger partial charge in [0.2, 0.25) is 5.43 Å². The van der Waals surface area contributed by atoms with E-state index >= 15 is 0 Å². The predicted molar refractivity (Wildman–Crippen MR) is 66.0 cm³/mol. The fraction of sp³-hybridized carbons (Fsp3) is 0.214. The van der Waals surface area contributed by atoms with Crippen molar-refractivity contribution in [3.8, 4) is 5.75 Å². The molecule has 4 nitrogen and oxygen atoms in total. The second-order valence-corrected chi connectivity index (χ2v) is 4.65. The average molecular weight is 261 g/mol. The predicted octanol–water partition coefficient (Wildman–Crippen LogP) is 2.00. The second kappa shape index (κ2) is 4.51. The van der Waals surface area contributed by atoms with Crippen LogP contribution in [0.3, 0.4) is 0 Å². The topological polar surface area (TPSA) is 53.7 Å². The highest BCUT2D eigenvalue weighted by Gasteiger charge is 2.20. The Hall–Kier alpha value is -2.14. The summed E-state index contributed by atoms with van der Waals surface area (Å²) in [5, 5.41) is 9.12. The van der Waals surface area contributed by atoms with Crippen LogP contribution in [-0.4, -0.2) is 10.0 Å². The molecule has 0 fully saturated rings. The number of hydrogen-bond donors (Lipinski definition) is 1. The van der Waals surface area contributed by atoms with E-state index < -0.39 is 11.2 Å². The van der Waals surface area contributed by atoms with E-state index in [-0.39, 0.29) is 5.82 Å². The normalized spacial score (nSPS) is 14.6. The highest BCUT2D eigenvalue weighted by atomic mass is 19.1. The maximum atomic E-state index is 13.1. The first-order valence-corrected chi connectivity index (χ1v) is 5.92. The Bertz CT molecular complexity index is 681. The minimum atomic E-state index is -0.455. The molecule has 1 aromatic carbocycles. The third kappa shape index (κ3) is 2.37. The zero-order valence-corrected chi connectivity index (χ0v) is 10.1. The molecule has 1 aromatic heterocycles. The van der Waals surface area contributed by atoms with Gasteiger partial charge in [-0.25, -0.2) is 4.39 Å². The molecule has 0 spiro atoms. The summed E-state index contributed by atoms with van der Waals surface area (Å²) in [7, 11) is 0. The summed E-state index contributed by atoms with van der Waals surface area (Å²) < 4.78 is 18.3. The van der Waals surface area contributed by atoms with E-state index in [2.05, 4.69) is 0 Å². The number of nitrogens with zero attached hydrogens (tertiary/aromatic N) is 1. The SMILES string of the molecule is O=c1cc(CN2Cc3ccc(F)cc3C2)occ1O. The van der Waals surface area contributed by atoms with Crippen molar-refractivity contribution in [1.82, 2.24) is 4.90 Å². The van der Waals surface area contributed by atoms with E-state index in [0.29, 0.717) is 25.4 Å². The first-order valence-electron chi connectivity index (χ1n) is 5.92. The van der Waals surface area contributed by atoms with Gasteiger partial charge in [-0.2, -0.15) is 0 Å². The lowest BCUT2D eigenvalue weighted by molar-refractivity contribution is 0.246. The fourth-order valence-corrected chi connectivity index (χ4v) is 2.29. The lowest BCUT2D eigenvalue weighted by Gasteiger charge is -2.13. The summed E-state index contributed by atoms with van der Waals surface area (Å²) >= 11 is 0. The molecule has 0 unspecified atom stereocenters. The molecule has 0 saturated carbocycles. The van der Waals surface area contributed by atoms with Crippen molar-refractivity contribution in [3.63, 3.8) is 0 Å². The monoisotopic (exact) mass is 261 g/mol. The number of halogens is 1. The zero-order chi connectivity index (χ0) is 13.4. The molecule has 1 aliphatic rings. The maximum absolute atomic E-state index is 13.1. The van der Waals surface area contributed by atoms with Crippen LogP contribution < -0.4 is 5.43 Å². The van der Waals surface area contributed by atoms with Crippen LogP contribution in [0.1, 0.15) is 16.9 Å². The van der Waals surface area contributed by atoms with Crippen molar-refractivity contribution < 1.29 is 13.9 Å². The van der Waals surface area contributed by atoms with Gasteiger partial charge in [0, 0.05) is 19.2 Å². The molecule has 0 bridgehead atoms. The summed E-state index contributed by atoms with van der Waals surface area (Å²) in [6.45, 7) is 1.77. The molecule has 5 heteroatoms. The van der Waals surface area contributed by atoms with Gasteiger partial charge in [-0.15, -0.1) is 0 Å². The summed E-state index contributed by atoms with van der Waals surface area (Å²) in [6, 6.07) is 6.03. The zero-order valence-electron chi connectivity index (χ0n) is 10.1. The number of rotatable bonds is 2. The van der Waals surface area contributed by atoms with Gasteiger partial charge >= 0.3 is 0 Å². The van der Waals surface area contributed by atoms with Crippen molar-refractivity contribution in [2.75, 3.05) is 0 Å². The quantitative estimate of drug-likeness (QED) is 0.898. The van der Waals surface area contributed by atoms with Crippen LogP contribution in [0.15, 0.2) is 39.7 Å². The van der Waals surface area contributed by atoms with Crippen LogP contribution >= 0.6 is 0 Å². The van der Waals surface area contributed by atoms with Crippen molar-refractivity contribution in [1.29, 1.82) is 0 Å². The molecule has 2 heterocycles. The Balaban J connectivity index is 1.76. The Kier molecular flexibility index (Phi) is 2.83. The van der Waals surface area contributed by atoms with Crippen LogP contribution in [0, 0.1) is 5.82 Å². The smallest absolute Gasteiger partial charge is 0.226 e. The third-order valence-corrected chi connectivity index (χ3v) is 3.20. The van der Waals surface area contributed by atoms with Gasteiger partial charge < -0.3 is 9.52 Å². The Morgan fingerprint density at radius 2 is 2.05 bits per heavy atom. The largest absolute Gasteiger partial charge is 0.502 e. The first-order chi connectivity index (χ1) is 9.11. The highest BCUT2D eigenvalue weighted by Crippen LogP contribution is 2.24. The van der Waals surface area contributed by atoms with E-state index in [0.717, 1.165) is 17.4 Å². The maximum Gasteiger partial charge on any atom is 0.226 e. The average Bonchev–Trinajstić information content (AvgIpc) is 2.75. The van der Waals surface area contributed by atoms with Gasteiger partial charge in [-0.05, 0) is 23.3 Å². The molecule has 98 valence electrons. The van der Waals surface area contributed by atoms with Gasteiger partial charge in [-0.3, -0.25) is 9.69 Å². The molecule has 19 heavy (non-hydrogen) atoms. The number of aromatic hydroxyl groups is 1. The molecule has 2 aromatic rings. The van der Waals surface area contributed by atoms with Gasteiger partial charge in [0.05, 0.1) is 6.54 Å². The fourth-order valence-electron chi connectivity index (χ4n) is 2.29. The molecule has 0 atom stereocenters. The Morgan fingerprint density at radius 1 is 1.26 bits per heavy atom. The number of benzene rings is 1. The van der Waals surface area contributed by atoms with E-state index in [1.165, 1.54) is 18.2 Å². The van der Waals surface area contributed by atoms with Crippen LogP contribution in [0.4, 0.5) is 4.39 Å². The standard InChI is InChI=1S/C14H12FNO3/c15-11-2-1-9-5-16(6-10(9)3-11)7-12-4-13(17)14(18)8-19-12/h1-4,8,18H,5-7H2. The van der Waals surface area contributed by atoms with Gasteiger partial charge in [-0.1, -0.05) is 6.07 Å². The van der Waals surface area contributed by atoms with E-state index in [4.69, 9.17) is 9.52 Å². The lowest BCUT2D eigenvalue weighted by Crippen LogP contribution is -2.16. The molecular weight excluding hydrogens is 249 g/mol. The lowest BCUT2D eigenvalue weighted by atomic mass is 10.1. The molecule has 0 saturated heterocycles. The molecule has 1 aliphatic heterocycles. The minimum Gasteiger partial charge on any atom is -0.502 e. The molecule has 1 N–H and O–H groups in total. The molecular formula is C14H12FNO3. The van der Waals surface area contributed by atoms with E-state index in [1.54, 1.807) is 6.07 Å². The number of fused-ring (bicyclic) bond motifs is 1. The van der Waals surface area contributed by atoms with Gasteiger partial charge in [0.25, 0.3) is 0 Å². The Morgan fingerprint density at radius 3 is 2.84 bits per heavy atom. The van der Waals surface area contributed by atoms with E-state index in [1.807, 2.05) is 4.90 Å². The van der Waals surface area contributed by atoms with Crippen LogP contribution in [0.2, 0.25) is 0 Å². The molecule has 0 aliphatic carbocycles. The summed E-state index contributed by atoms with van der Waals surface area (Å²) in [4.78, 5) is 13.3. The van der Waals surface area contributed by atoms with E-state index in [9.17, 15) is 9.18 Å². The van der Waals surface area contributed by atoms with Crippen molar-refractivity contribution in [3.05, 3.63) is 63.5 Å². The molecule has 3 rings (SSSR count). The summed E-state index contributed by atoms with van der Waals surface area (Å²) in [6.07, 6.45) is 1.04. The van der Waals surface area contributed by atoms with Crippen LogP contribution in [-0.2, 0) is 19.6 Å².